The molecule has 4 heterocycles. The Bertz CT molecular complexity index is 2400. The van der Waals surface area contributed by atoms with Gasteiger partial charge in [-0.25, -0.2) is 15.0 Å². The first-order valence-corrected chi connectivity index (χ1v) is 16.1. The molecule has 0 spiro atoms. The minimum absolute atomic E-state index is 0.326. The van der Waals surface area contributed by atoms with E-state index in [1.54, 1.807) is 0 Å². The maximum Gasteiger partial charge on any atom is 0.213 e. The van der Waals surface area contributed by atoms with Crippen LogP contribution in [0.15, 0.2) is 133 Å². The molecule has 0 atom stereocenters. The number of hydrogen-bond acceptors (Lipinski definition) is 4. The number of anilines is 2. The van der Waals surface area contributed by atoms with E-state index in [0.717, 1.165) is 50.8 Å². The molecule has 0 saturated heterocycles. The van der Waals surface area contributed by atoms with Crippen molar-refractivity contribution in [1.29, 1.82) is 0 Å². The highest BCUT2D eigenvalue weighted by atomic mass is 15.5. The summed E-state index contributed by atoms with van der Waals surface area (Å²) in [5.41, 5.74) is 7.76. The monoisotopic (exact) mass is 610 g/mol. The molecule has 8 aromatic rings. The Labute approximate surface area is 273 Å². The zero-order chi connectivity index (χ0) is 31.9. The Hall–Kier alpha value is -5.75. The minimum atomic E-state index is -0.368. The highest BCUT2D eigenvalue weighted by Crippen LogP contribution is 2.52. The third kappa shape index (κ3) is 3.94. The summed E-state index contributed by atoms with van der Waals surface area (Å²) in [5, 5.41) is 2.44. The van der Waals surface area contributed by atoms with Gasteiger partial charge in [-0.1, -0.05) is 97.1 Å². The third-order valence-corrected chi connectivity index (χ3v) is 10.3. The summed E-state index contributed by atoms with van der Waals surface area (Å²) in [5.74, 6) is 2.41. The quantitative estimate of drug-likeness (QED) is 0.199. The van der Waals surface area contributed by atoms with E-state index in [-0.39, 0.29) is 11.1 Å². The summed E-state index contributed by atoms with van der Waals surface area (Å²) in [4.78, 5) is 18.0. The van der Waals surface area contributed by atoms with Crippen molar-refractivity contribution in [3.05, 3.63) is 133 Å². The van der Waals surface area contributed by atoms with Gasteiger partial charge in [-0.3, -0.25) is 4.90 Å². The highest BCUT2D eigenvalue weighted by Gasteiger charge is 2.54. The number of hydrogen-bond donors (Lipinski definition) is 0. The molecule has 47 heavy (non-hydrogen) atoms. The van der Waals surface area contributed by atoms with E-state index in [1.807, 2.05) is 24.3 Å². The summed E-state index contributed by atoms with van der Waals surface area (Å²) >= 11 is 0. The molecule has 1 aliphatic rings. The topological polar surface area (TPSA) is 51.8 Å². The molecule has 6 nitrogen and oxygen atoms in total. The minimum Gasteiger partial charge on any atom is -0.309 e. The van der Waals surface area contributed by atoms with E-state index in [1.165, 1.54) is 16.3 Å². The molecule has 0 unspecified atom stereocenters. The van der Waals surface area contributed by atoms with Crippen molar-refractivity contribution >= 4 is 44.6 Å². The Morgan fingerprint density at radius 2 is 1.15 bits per heavy atom. The fourth-order valence-corrected chi connectivity index (χ4v) is 7.29. The second-order valence-electron chi connectivity index (χ2n) is 13.4. The van der Waals surface area contributed by atoms with Crippen LogP contribution in [0.3, 0.4) is 0 Å². The van der Waals surface area contributed by atoms with Gasteiger partial charge in [0.15, 0.2) is 5.82 Å². The lowest BCUT2D eigenvalue weighted by Crippen LogP contribution is -2.50. The van der Waals surface area contributed by atoms with Gasteiger partial charge in [0, 0.05) is 33.7 Å². The van der Waals surface area contributed by atoms with Crippen LogP contribution >= 0.6 is 0 Å². The Morgan fingerprint density at radius 1 is 0.511 bits per heavy atom. The first-order chi connectivity index (χ1) is 22.8. The molecule has 228 valence electrons. The number of fused-ring (bicyclic) bond motifs is 6. The van der Waals surface area contributed by atoms with Crippen molar-refractivity contribution in [2.75, 3.05) is 4.90 Å². The Kier molecular flexibility index (Phi) is 5.79. The zero-order valence-corrected chi connectivity index (χ0v) is 26.9. The maximum absolute atomic E-state index is 5.42. The van der Waals surface area contributed by atoms with E-state index < -0.39 is 0 Å². The fraction of sp³-hybridized carbons (Fsp3) is 0.146. The number of imidazole rings is 1. The first kappa shape index (κ1) is 27.6. The number of para-hydroxylation sites is 2. The van der Waals surface area contributed by atoms with E-state index in [2.05, 4.69) is 151 Å². The van der Waals surface area contributed by atoms with Gasteiger partial charge in [0.05, 0.1) is 38.8 Å². The van der Waals surface area contributed by atoms with Crippen LogP contribution in [0.4, 0.5) is 11.8 Å². The van der Waals surface area contributed by atoms with Crippen LogP contribution in [0.2, 0.25) is 0 Å². The van der Waals surface area contributed by atoms with Gasteiger partial charge in [0.25, 0.3) is 0 Å². The lowest BCUT2D eigenvalue weighted by atomic mass is 9.82. The predicted molar refractivity (Wildman–Crippen MR) is 193 cm³/mol. The smallest absolute Gasteiger partial charge is 0.213 e. The molecule has 0 saturated carbocycles. The zero-order valence-electron chi connectivity index (χ0n) is 26.9. The van der Waals surface area contributed by atoms with Crippen LogP contribution < -0.4 is 4.90 Å². The van der Waals surface area contributed by atoms with Gasteiger partial charge in [0.2, 0.25) is 5.95 Å². The standard InChI is InChI=1S/C41H34N6/c1-40(2)41(3,4)47(37-26-32(27-16-8-5-9-17-27)42-38(44-37)28-18-10-6-11-19-28)39-43-33-25-35-31(24-36(33)46(39)40)30-22-14-15-23-34(30)45(35)29-20-12-7-13-21-29/h5-26H,1-4H3. The molecule has 0 radical (unpaired) electrons. The summed E-state index contributed by atoms with van der Waals surface area (Å²) in [6, 6.07) is 46.5. The van der Waals surface area contributed by atoms with Crippen molar-refractivity contribution in [3.8, 4) is 28.3 Å². The second kappa shape index (κ2) is 9.87. The molecule has 0 amide bonds. The van der Waals surface area contributed by atoms with E-state index in [9.17, 15) is 0 Å². The van der Waals surface area contributed by atoms with Crippen molar-refractivity contribution < 1.29 is 0 Å². The molecular formula is C41H34N6. The molecular weight excluding hydrogens is 576 g/mol. The second-order valence-corrected chi connectivity index (χ2v) is 13.4. The van der Waals surface area contributed by atoms with E-state index in [4.69, 9.17) is 15.0 Å². The Morgan fingerprint density at radius 3 is 1.87 bits per heavy atom. The molecule has 3 aromatic heterocycles. The average molecular weight is 611 g/mol. The van der Waals surface area contributed by atoms with Crippen molar-refractivity contribution in [2.45, 2.75) is 38.8 Å². The molecule has 9 rings (SSSR count). The van der Waals surface area contributed by atoms with Crippen LogP contribution in [0.25, 0.3) is 61.2 Å². The molecule has 0 N–H and O–H groups in total. The summed E-state index contributed by atoms with van der Waals surface area (Å²) < 4.78 is 4.77. The molecule has 0 fully saturated rings. The highest BCUT2D eigenvalue weighted by molar-refractivity contribution is 6.13. The van der Waals surface area contributed by atoms with Crippen LogP contribution in [-0.4, -0.2) is 29.6 Å². The van der Waals surface area contributed by atoms with Crippen LogP contribution in [0.5, 0.6) is 0 Å². The van der Waals surface area contributed by atoms with Gasteiger partial charge in [0.1, 0.15) is 5.82 Å². The SMILES string of the molecule is CC1(C)N(c2cc(-c3ccccc3)nc(-c3ccccc3)n2)c2nc3cc4c(cc3n2C1(C)C)c1ccccc1n4-c1ccccc1. The lowest BCUT2D eigenvalue weighted by Gasteiger charge is -2.41. The van der Waals surface area contributed by atoms with Gasteiger partial charge in [-0.15, -0.1) is 0 Å². The van der Waals surface area contributed by atoms with Gasteiger partial charge in [-0.2, -0.15) is 0 Å². The molecule has 5 aromatic carbocycles. The number of nitrogens with zero attached hydrogens (tertiary/aromatic N) is 6. The summed E-state index contributed by atoms with van der Waals surface area (Å²) in [7, 11) is 0. The molecule has 0 aliphatic carbocycles. The van der Waals surface area contributed by atoms with Crippen molar-refractivity contribution in [2.24, 2.45) is 0 Å². The molecule has 6 heteroatoms. The molecule has 0 bridgehead atoms. The van der Waals surface area contributed by atoms with Gasteiger partial charge >= 0.3 is 0 Å². The van der Waals surface area contributed by atoms with Crippen LogP contribution in [-0.2, 0) is 5.54 Å². The first-order valence-electron chi connectivity index (χ1n) is 16.1. The van der Waals surface area contributed by atoms with Crippen LogP contribution in [0, 0.1) is 0 Å². The van der Waals surface area contributed by atoms with Crippen LogP contribution in [0.1, 0.15) is 27.7 Å². The van der Waals surface area contributed by atoms with Crippen molar-refractivity contribution in [3.63, 3.8) is 0 Å². The summed E-state index contributed by atoms with van der Waals surface area (Å²) in [6.45, 7) is 9.21. The number of aromatic nitrogens is 5. The lowest BCUT2D eigenvalue weighted by molar-refractivity contribution is 0.252. The predicted octanol–water partition coefficient (Wildman–Crippen LogP) is 9.92. The number of rotatable bonds is 4. The average Bonchev–Trinajstić information content (AvgIpc) is 3.67. The van der Waals surface area contributed by atoms with Gasteiger partial charge < -0.3 is 9.13 Å². The van der Waals surface area contributed by atoms with E-state index >= 15 is 0 Å². The van der Waals surface area contributed by atoms with Crippen molar-refractivity contribution in [1.82, 2.24) is 24.1 Å². The fourth-order valence-electron chi connectivity index (χ4n) is 7.29. The number of benzene rings is 5. The van der Waals surface area contributed by atoms with Gasteiger partial charge in [-0.05, 0) is 58.0 Å². The normalized spacial score (nSPS) is 15.1. The Balaban J connectivity index is 1.31. The summed E-state index contributed by atoms with van der Waals surface area (Å²) in [6.07, 6.45) is 0. The van der Waals surface area contributed by atoms with E-state index in [0.29, 0.717) is 5.82 Å². The largest absolute Gasteiger partial charge is 0.309 e. The molecule has 1 aliphatic heterocycles. The third-order valence-electron chi connectivity index (χ3n) is 10.3. The maximum atomic E-state index is 5.42.